The third-order valence-electron chi connectivity index (χ3n) is 14.0. The molecule has 1 unspecified atom stereocenters. The Hall–Kier alpha value is -1.70. The number of ether oxygens (including phenoxy) is 8. The number of carbonyl (C=O) groups excluding carboxylic acids is 2. The number of allylic oxidation sites excluding steroid dienone is 4. The van der Waals surface area contributed by atoms with Crippen molar-refractivity contribution in [2.75, 3.05) is 35.4 Å². The Kier molecular flexibility index (Phi) is 14.2. The molecule has 6 aliphatic rings. The Morgan fingerprint density at radius 2 is 1.59 bits per heavy atom. The summed E-state index contributed by atoms with van der Waals surface area (Å²) in [5, 5.41) is 0. The molecule has 0 radical (unpaired) electrons. The number of methoxy groups -OCH3 is 3. The molecule has 3 heterocycles. The predicted molar refractivity (Wildman–Crippen MR) is 203 cm³/mol. The van der Waals surface area contributed by atoms with E-state index in [1.165, 1.54) is 0 Å². The molecule has 0 amide bonds. The fourth-order valence-electron chi connectivity index (χ4n) is 10.7. The minimum absolute atomic E-state index is 0.0336. The first kappa shape index (κ1) is 41.9. The maximum absolute atomic E-state index is 14.7. The van der Waals surface area contributed by atoms with Crippen molar-refractivity contribution in [2.24, 2.45) is 41.4 Å². The molecule has 3 saturated heterocycles. The monoisotopic (exact) mass is 759 g/mol. The van der Waals surface area contributed by atoms with E-state index in [-0.39, 0.29) is 103 Å². The third-order valence-corrected chi connectivity index (χ3v) is 14.0. The van der Waals surface area contributed by atoms with E-state index in [2.05, 4.69) is 58.0 Å². The van der Waals surface area contributed by atoms with E-state index in [0.29, 0.717) is 18.4 Å². The van der Waals surface area contributed by atoms with Gasteiger partial charge in [-0.3, -0.25) is 9.59 Å². The average molecular weight is 760 g/mol. The van der Waals surface area contributed by atoms with Crippen LogP contribution < -0.4 is 0 Å². The third kappa shape index (κ3) is 8.74. The van der Waals surface area contributed by atoms with Crippen molar-refractivity contribution >= 4 is 11.8 Å². The lowest BCUT2D eigenvalue weighted by Gasteiger charge is -2.44. The zero-order valence-corrected chi connectivity index (χ0v) is 34.5. The van der Waals surface area contributed by atoms with Gasteiger partial charge in [-0.05, 0) is 108 Å². The van der Waals surface area contributed by atoms with Crippen molar-refractivity contribution in [3.8, 4) is 0 Å². The summed E-state index contributed by atoms with van der Waals surface area (Å²) in [6.07, 6.45) is 10.9. The number of hydrogen-bond acceptors (Lipinski definition) is 11. The van der Waals surface area contributed by atoms with E-state index in [9.17, 15) is 9.59 Å². The van der Waals surface area contributed by atoms with Crippen LogP contribution in [0.3, 0.4) is 0 Å². The van der Waals surface area contributed by atoms with Gasteiger partial charge < -0.3 is 42.8 Å². The normalized spacial score (nSPS) is 45.1. The minimum Gasteiger partial charge on any atom is -0.462 e. The van der Waals surface area contributed by atoms with E-state index in [1.807, 2.05) is 13.8 Å². The van der Waals surface area contributed by atoms with Crippen molar-refractivity contribution in [1.29, 1.82) is 0 Å². The van der Waals surface area contributed by atoms with Gasteiger partial charge in [0.15, 0.2) is 18.4 Å². The Labute approximate surface area is 324 Å². The molecule has 0 aromatic rings. The van der Waals surface area contributed by atoms with Gasteiger partial charge in [0.25, 0.3) is 0 Å². The van der Waals surface area contributed by atoms with Gasteiger partial charge in [-0.2, -0.15) is 0 Å². The van der Waals surface area contributed by atoms with Crippen LogP contribution in [0.2, 0.25) is 0 Å². The van der Waals surface area contributed by atoms with Crippen LogP contribution in [0.25, 0.3) is 0 Å². The number of hydrogen-bond donors (Lipinski definition) is 0. The molecule has 0 N–H and O–H groups in total. The van der Waals surface area contributed by atoms with Crippen LogP contribution in [-0.2, 0) is 47.5 Å². The van der Waals surface area contributed by atoms with Gasteiger partial charge in [0.05, 0.1) is 30.8 Å². The molecule has 4 fully saturated rings. The Morgan fingerprint density at radius 1 is 0.852 bits per heavy atom. The topological polar surface area (TPSA) is 111 Å². The molecule has 0 spiro atoms. The number of likely N-dealkylation sites (N-methyl/N-ethyl adjacent to an activating group) is 1. The molecule has 6 rings (SSSR count). The van der Waals surface area contributed by atoms with E-state index in [0.717, 1.165) is 50.5 Å². The summed E-state index contributed by atoms with van der Waals surface area (Å²) in [4.78, 5) is 30.7. The van der Waals surface area contributed by atoms with Crippen molar-refractivity contribution in [3.05, 3.63) is 23.8 Å². The molecule has 11 nitrogen and oxygen atoms in total. The largest absolute Gasteiger partial charge is 0.462 e. The fraction of sp³-hybridized carbons (Fsp3) is 0.860. The van der Waals surface area contributed by atoms with Gasteiger partial charge in [-0.15, -0.1) is 0 Å². The van der Waals surface area contributed by atoms with Gasteiger partial charge in [0, 0.05) is 39.2 Å². The van der Waals surface area contributed by atoms with Crippen LogP contribution >= 0.6 is 0 Å². The van der Waals surface area contributed by atoms with Crippen LogP contribution in [0.5, 0.6) is 0 Å². The van der Waals surface area contributed by atoms with Crippen molar-refractivity contribution in [2.45, 2.75) is 160 Å². The van der Waals surface area contributed by atoms with Gasteiger partial charge in [-0.1, -0.05) is 45.4 Å². The maximum atomic E-state index is 14.7. The fourth-order valence-corrected chi connectivity index (χ4v) is 10.7. The molecular formula is C43H69NO10. The summed E-state index contributed by atoms with van der Waals surface area (Å²) in [7, 11) is 9.16. The number of cyclic esters (lactones) is 1. The van der Waals surface area contributed by atoms with Crippen molar-refractivity contribution in [3.63, 3.8) is 0 Å². The van der Waals surface area contributed by atoms with Crippen LogP contribution in [0.4, 0.5) is 0 Å². The standard InChI is InChI=1S/C43H69NO10/c1-11-23(2)35-13-12-14-36(54-38-18-17-34(44(6)7)25(4)50-38)24(3)39(46)33-21-31-29(32(33)22-37(45)53-35)16-15-27-19-28(20-30(27)31)52-43-42(49-10)41(48-9)40(47-8)26(5)51-43/h15-16,21,23-32,34-36,38,40-43H,11-14,17-20,22H2,1-10H3/t23?,24-,25-,26+,27-,28-,29-,30-,31-,32+,34+,35-,36+,38+,40+,41-,42-,43+/m1/s1. The number of nitrogens with zero attached hydrogens (tertiary/aromatic N) is 1. The zero-order valence-electron chi connectivity index (χ0n) is 34.5. The lowest BCUT2D eigenvalue weighted by Crippen LogP contribution is -2.59. The second-order valence-electron chi connectivity index (χ2n) is 17.4. The average Bonchev–Trinajstić information content (AvgIpc) is 3.73. The molecule has 11 heteroatoms. The van der Waals surface area contributed by atoms with Gasteiger partial charge in [0.2, 0.25) is 0 Å². The Morgan fingerprint density at radius 3 is 2.26 bits per heavy atom. The van der Waals surface area contributed by atoms with Crippen molar-refractivity contribution < 1.29 is 47.5 Å². The van der Waals surface area contributed by atoms with E-state index in [4.69, 9.17) is 37.9 Å². The summed E-state index contributed by atoms with van der Waals surface area (Å²) < 4.78 is 49.9. The SMILES string of the molecule is CCC(C)[C@H]1CCC[C@H](O[C@H]2CC[C@H](N(C)C)[C@@H](C)O2)[C@@H](C)C(=O)C2=C[C@@H]3[C@@H](C=C[C@@H]4C[C@@H](O[C@@H]5O[C@@H](C)[C@H](OC)[C@@H](OC)[C@H]5OC)C[C@@H]34)[C@@H]2CC(=O)O1. The summed E-state index contributed by atoms with van der Waals surface area (Å²) in [6.45, 7) is 10.4. The maximum Gasteiger partial charge on any atom is 0.306 e. The summed E-state index contributed by atoms with van der Waals surface area (Å²) in [5.41, 5.74) is 0.765. The van der Waals surface area contributed by atoms with Gasteiger partial charge in [-0.25, -0.2) is 0 Å². The number of rotatable bonds is 10. The second-order valence-corrected chi connectivity index (χ2v) is 17.4. The highest BCUT2D eigenvalue weighted by Gasteiger charge is 2.53. The summed E-state index contributed by atoms with van der Waals surface area (Å²) >= 11 is 0. The van der Waals surface area contributed by atoms with E-state index >= 15 is 0 Å². The van der Waals surface area contributed by atoms with Crippen molar-refractivity contribution in [1.82, 2.24) is 4.90 Å². The van der Waals surface area contributed by atoms with Gasteiger partial charge in [0.1, 0.15) is 24.4 Å². The zero-order chi connectivity index (χ0) is 38.8. The first-order valence-electron chi connectivity index (χ1n) is 20.9. The lowest BCUT2D eigenvalue weighted by atomic mass is 9.70. The molecule has 0 aromatic heterocycles. The molecule has 18 atom stereocenters. The second kappa shape index (κ2) is 18.3. The predicted octanol–water partition coefficient (Wildman–Crippen LogP) is 6.12. The number of ketones is 1. The molecule has 54 heavy (non-hydrogen) atoms. The number of Topliss-reactive ketones (excluding diaryl/α,β-unsaturated/α-hetero) is 1. The van der Waals surface area contributed by atoms with Gasteiger partial charge >= 0.3 is 5.97 Å². The first-order valence-corrected chi connectivity index (χ1v) is 20.9. The minimum atomic E-state index is -0.597. The summed E-state index contributed by atoms with van der Waals surface area (Å²) in [6, 6.07) is 0.335. The van der Waals surface area contributed by atoms with Crippen LogP contribution in [0.1, 0.15) is 92.4 Å². The molecular weight excluding hydrogens is 690 g/mol. The number of carbonyl (C=O) groups is 2. The molecule has 306 valence electrons. The molecule has 3 aliphatic heterocycles. The highest BCUT2D eigenvalue weighted by Crippen LogP contribution is 2.54. The quantitative estimate of drug-likeness (QED) is 0.190. The smallest absolute Gasteiger partial charge is 0.306 e. The molecule has 1 saturated carbocycles. The van der Waals surface area contributed by atoms with E-state index < -0.39 is 12.4 Å². The van der Waals surface area contributed by atoms with Crippen LogP contribution in [-0.4, -0.2) is 120 Å². The van der Waals surface area contributed by atoms with Crippen LogP contribution in [0, 0.1) is 41.4 Å². The number of esters is 1. The number of fused-ring (bicyclic) bond motifs is 5. The molecule has 0 aromatic carbocycles. The first-order chi connectivity index (χ1) is 25.9. The Balaban J connectivity index is 1.22. The lowest BCUT2D eigenvalue weighted by molar-refractivity contribution is -0.314. The molecule has 0 bridgehead atoms. The van der Waals surface area contributed by atoms with Crippen LogP contribution in [0.15, 0.2) is 23.8 Å². The Bertz CT molecular complexity index is 1340. The highest BCUT2D eigenvalue weighted by molar-refractivity contribution is 5.99. The summed E-state index contributed by atoms with van der Waals surface area (Å²) in [5.74, 6) is 0.231. The highest BCUT2D eigenvalue weighted by atomic mass is 16.7. The molecule has 3 aliphatic carbocycles. The van der Waals surface area contributed by atoms with E-state index in [1.54, 1.807) is 21.3 Å².